The topological polar surface area (TPSA) is 32.3 Å². The van der Waals surface area contributed by atoms with Crippen molar-refractivity contribution in [1.29, 1.82) is 0 Å². The van der Waals surface area contributed by atoms with Gasteiger partial charge in [-0.25, -0.2) is 0 Å². The molecule has 0 aromatic heterocycles. The summed E-state index contributed by atoms with van der Waals surface area (Å²) in [6, 6.07) is 8.98. The van der Waals surface area contributed by atoms with Gasteiger partial charge in [-0.2, -0.15) is 0 Å². The molecule has 0 saturated carbocycles. The highest BCUT2D eigenvalue weighted by Gasteiger charge is 2.41. The minimum Gasteiger partial charge on any atom is -0.342 e. The summed E-state index contributed by atoms with van der Waals surface area (Å²) < 4.78 is 0. The normalized spacial score (nSPS) is 27.3. The van der Waals surface area contributed by atoms with Gasteiger partial charge in [0, 0.05) is 24.9 Å². The molecule has 4 rings (SSSR count). The van der Waals surface area contributed by atoms with Gasteiger partial charge in [-0.05, 0) is 81.5 Å². The van der Waals surface area contributed by atoms with Crippen LogP contribution in [0.25, 0.3) is 0 Å². The predicted octanol–water partition coefficient (Wildman–Crippen LogP) is 3.66. The Morgan fingerprint density at radius 3 is 2.84 bits per heavy atom. The standard InChI is InChI=1S/C22H32N2O/c25-21(9-8-18-10-14-23-15-11-18)24-16-4-13-22(17-24)12-3-6-19-5-1-2-7-20(19)22/h1-2,5,7,18,23H,3-4,6,8-17H2. The number of aryl methyl sites for hydroxylation is 1. The van der Waals surface area contributed by atoms with E-state index in [1.807, 2.05) is 0 Å². The van der Waals surface area contributed by atoms with E-state index < -0.39 is 0 Å². The molecule has 136 valence electrons. The van der Waals surface area contributed by atoms with E-state index in [0.29, 0.717) is 5.91 Å². The first-order valence-corrected chi connectivity index (χ1v) is 10.3. The number of piperidine rings is 2. The van der Waals surface area contributed by atoms with Crippen LogP contribution in [0.5, 0.6) is 0 Å². The first kappa shape index (κ1) is 17.1. The molecule has 2 fully saturated rings. The molecule has 2 aliphatic heterocycles. The number of amides is 1. The Morgan fingerprint density at radius 2 is 1.96 bits per heavy atom. The van der Waals surface area contributed by atoms with Crippen molar-refractivity contribution in [3.63, 3.8) is 0 Å². The van der Waals surface area contributed by atoms with Gasteiger partial charge in [0.25, 0.3) is 0 Å². The highest BCUT2D eigenvalue weighted by atomic mass is 16.2. The number of nitrogens with one attached hydrogen (secondary N) is 1. The molecule has 3 nitrogen and oxygen atoms in total. The maximum absolute atomic E-state index is 12.9. The number of rotatable bonds is 3. The van der Waals surface area contributed by atoms with Crippen LogP contribution in [0.15, 0.2) is 24.3 Å². The number of benzene rings is 1. The quantitative estimate of drug-likeness (QED) is 0.911. The Kier molecular flexibility index (Phi) is 5.12. The zero-order valence-corrected chi connectivity index (χ0v) is 15.4. The third kappa shape index (κ3) is 3.62. The van der Waals surface area contributed by atoms with Crippen LogP contribution in [-0.4, -0.2) is 37.0 Å². The Balaban J connectivity index is 1.42. The van der Waals surface area contributed by atoms with E-state index in [0.717, 1.165) is 51.4 Å². The van der Waals surface area contributed by atoms with Crippen LogP contribution in [-0.2, 0) is 16.6 Å². The molecule has 1 N–H and O–H groups in total. The summed E-state index contributed by atoms with van der Waals surface area (Å²) in [5.41, 5.74) is 3.30. The van der Waals surface area contributed by atoms with Crippen molar-refractivity contribution < 1.29 is 4.79 Å². The molecule has 1 atom stereocenters. The number of carbonyl (C=O) groups excluding carboxylic acids is 1. The van der Waals surface area contributed by atoms with Crippen LogP contribution < -0.4 is 5.32 Å². The predicted molar refractivity (Wildman–Crippen MR) is 102 cm³/mol. The van der Waals surface area contributed by atoms with Crippen molar-refractivity contribution in [2.75, 3.05) is 26.2 Å². The average Bonchev–Trinajstić information content (AvgIpc) is 2.67. The van der Waals surface area contributed by atoms with E-state index in [1.54, 1.807) is 0 Å². The van der Waals surface area contributed by atoms with E-state index >= 15 is 0 Å². The number of hydrogen-bond acceptors (Lipinski definition) is 2. The largest absolute Gasteiger partial charge is 0.342 e. The molecule has 1 spiro atoms. The molecule has 0 radical (unpaired) electrons. The van der Waals surface area contributed by atoms with Gasteiger partial charge in [0.05, 0.1) is 0 Å². The number of carbonyl (C=O) groups is 1. The molecule has 1 amide bonds. The lowest BCUT2D eigenvalue weighted by Crippen LogP contribution is -2.50. The minimum absolute atomic E-state index is 0.234. The fourth-order valence-electron chi connectivity index (χ4n) is 5.43. The molecule has 25 heavy (non-hydrogen) atoms. The Labute approximate surface area is 152 Å². The van der Waals surface area contributed by atoms with Gasteiger partial charge in [-0.3, -0.25) is 4.79 Å². The smallest absolute Gasteiger partial charge is 0.222 e. The SMILES string of the molecule is O=C(CCC1CCNCC1)N1CCCC2(CCCc3ccccc32)C1. The van der Waals surface area contributed by atoms with Gasteiger partial charge in [-0.15, -0.1) is 0 Å². The zero-order valence-electron chi connectivity index (χ0n) is 15.4. The number of hydrogen-bond donors (Lipinski definition) is 1. The maximum Gasteiger partial charge on any atom is 0.222 e. The third-order valence-electron chi connectivity index (χ3n) is 6.84. The number of fused-ring (bicyclic) bond motifs is 2. The van der Waals surface area contributed by atoms with Crippen LogP contribution in [0.4, 0.5) is 0 Å². The summed E-state index contributed by atoms with van der Waals surface area (Å²) in [6.07, 6.45) is 10.5. The van der Waals surface area contributed by atoms with Gasteiger partial charge >= 0.3 is 0 Å². The summed E-state index contributed by atoms with van der Waals surface area (Å²) >= 11 is 0. The van der Waals surface area contributed by atoms with Crippen LogP contribution in [0.1, 0.15) is 62.5 Å². The van der Waals surface area contributed by atoms with Gasteiger partial charge < -0.3 is 10.2 Å². The van der Waals surface area contributed by atoms with E-state index in [9.17, 15) is 4.79 Å². The average molecular weight is 341 g/mol. The molecule has 1 aliphatic carbocycles. The first-order chi connectivity index (χ1) is 12.3. The van der Waals surface area contributed by atoms with Crippen molar-refractivity contribution in [2.45, 2.75) is 63.2 Å². The van der Waals surface area contributed by atoms with Gasteiger partial charge in [0.1, 0.15) is 0 Å². The van der Waals surface area contributed by atoms with Crippen molar-refractivity contribution in [3.8, 4) is 0 Å². The van der Waals surface area contributed by atoms with Gasteiger partial charge in [0.15, 0.2) is 0 Å². The van der Waals surface area contributed by atoms with E-state index in [1.165, 1.54) is 49.7 Å². The maximum atomic E-state index is 12.9. The number of nitrogens with zero attached hydrogens (tertiary/aromatic N) is 1. The second-order valence-electron chi connectivity index (χ2n) is 8.44. The molecule has 2 saturated heterocycles. The van der Waals surface area contributed by atoms with Crippen molar-refractivity contribution >= 4 is 5.91 Å². The molecule has 1 unspecified atom stereocenters. The second-order valence-corrected chi connectivity index (χ2v) is 8.44. The number of likely N-dealkylation sites (tertiary alicyclic amines) is 1. The van der Waals surface area contributed by atoms with E-state index in [-0.39, 0.29) is 5.41 Å². The minimum atomic E-state index is 0.234. The molecular weight excluding hydrogens is 308 g/mol. The fraction of sp³-hybridized carbons (Fsp3) is 0.682. The van der Waals surface area contributed by atoms with Crippen LogP contribution in [0, 0.1) is 5.92 Å². The molecule has 0 bridgehead atoms. The van der Waals surface area contributed by atoms with Crippen molar-refractivity contribution in [2.24, 2.45) is 5.92 Å². The molecule has 1 aromatic carbocycles. The van der Waals surface area contributed by atoms with Gasteiger partial charge in [-0.1, -0.05) is 24.3 Å². The zero-order chi connectivity index (χ0) is 17.1. The van der Waals surface area contributed by atoms with Crippen molar-refractivity contribution in [1.82, 2.24) is 10.2 Å². The van der Waals surface area contributed by atoms with Crippen LogP contribution >= 0.6 is 0 Å². The van der Waals surface area contributed by atoms with E-state index in [2.05, 4.69) is 34.5 Å². The summed E-state index contributed by atoms with van der Waals surface area (Å²) in [4.78, 5) is 15.1. The first-order valence-electron chi connectivity index (χ1n) is 10.3. The molecule has 3 aliphatic rings. The fourth-order valence-corrected chi connectivity index (χ4v) is 5.43. The highest BCUT2D eigenvalue weighted by molar-refractivity contribution is 5.76. The van der Waals surface area contributed by atoms with Crippen molar-refractivity contribution in [3.05, 3.63) is 35.4 Å². The third-order valence-corrected chi connectivity index (χ3v) is 6.84. The lowest BCUT2D eigenvalue weighted by molar-refractivity contribution is -0.134. The Bertz CT molecular complexity index is 608. The molecule has 2 heterocycles. The second kappa shape index (κ2) is 7.49. The summed E-state index contributed by atoms with van der Waals surface area (Å²) in [5.74, 6) is 1.15. The highest BCUT2D eigenvalue weighted by Crippen LogP contribution is 2.43. The monoisotopic (exact) mass is 340 g/mol. The molecular formula is C22H32N2O. The van der Waals surface area contributed by atoms with Gasteiger partial charge in [0.2, 0.25) is 5.91 Å². The van der Waals surface area contributed by atoms with Crippen LogP contribution in [0.2, 0.25) is 0 Å². The van der Waals surface area contributed by atoms with Crippen LogP contribution in [0.3, 0.4) is 0 Å². The lowest BCUT2D eigenvalue weighted by Gasteiger charge is -2.46. The van der Waals surface area contributed by atoms with E-state index in [4.69, 9.17) is 0 Å². The summed E-state index contributed by atoms with van der Waals surface area (Å²) in [5, 5.41) is 3.42. The molecule has 3 heteroatoms. The summed E-state index contributed by atoms with van der Waals surface area (Å²) in [7, 11) is 0. The Hall–Kier alpha value is -1.35. The summed E-state index contributed by atoms with van der Waals surface area (Å²) in [6.45, 7) is 4.18. The Morgan fingerprint density at radius 1 is 1.16 bits per heavy atom. The lowest BCUT2D eigenvalue weighted by atomic mass is 9.66. The molecule has 1 aromatic rings.